The molecule has 3 aromatic rings. The van der Waals surface area contributed by atoms with Crippen molar-refractivity contribution in [3.8, 4) is 11.4 Å². The quantitative estimate of drug-likeness (QED) is 0.474. The van der Waals surface area contributed by atoms with Gasteiger partial charge in [0.1, 0.15) is 11.4 Å². The number of hydrogen-bond donors (Lipinski definition) is 0. The summed E-state index contributed by atoms with van der Waals surface area (Å²) in [6.07, 6.45) is 6.68. The molecule has 0 bridgehead atoms. The van der Waals surface area contributed by atoms with Gasteiger partial charge in [0.15, 0.2) is 17.4 Å². The highest BCUT2D eigenvalue weighted by molar-refractivity contribution is 5.97. The largest absolute Gasteiger partial charge is 0.495 e. The highest BCUT2D eigenvalue weighted by Gasteiger charge is 2.51. The molecule has 0 N–H and O–H groups in total. The minimum absolute atomic E-state index is 0.174. The van der Waals surface area contributed by atoms with Crippen molar-refractivity contribution in [1.29, 1.82) is 0 Å². The zero-order chi connectivity index (χ0) is 24.9. The first-order valence-electron chi connectivity index (χ1n) is 11.6. The van der Waals surface area contributed by atoms with Gasteiger partial charge < -0.3 is 18.9 Å². The molecule has 1 amide bonds. The molecule has 2 unspecified atom stereocenters. The molecule has 2 aliphatic heterocycles. The number of imidazole rings is 1. The van der Waals surface area contributed by atoms with Crippen LogP contribution in [0.5, 0.6) is 5.75 Å². The number of carbonyl (C=O) groups is 1. The fourth-order valence-corrected chi connectivity index (χ4v) is 5.14. The number of benzene rings is 2. The Labute approximate surface area is 202 Å². The number of morpholine rings is 1. The summed E-state index contributed by atoms with van der Waals surface area (Å²) in [6, 6.07) is 8.93. The lowest BCUT2D eigenvalue weighted by Gasteiger charge is -2.45. The van der Waals surface area contributed by atoms with Gasteiger partial charge in [-0.05, 0) is 75.1 Å². The first-order valence-corrected chi connectivity index (χ1v) is 11.6. The van der Waals surface area contributed by atoms with Gasteiger partial charge in [-0.25, -0.2) is 13.8 Å². The van der Waals surface area contributed by atoms with Crippen molar-refractivity contribution in [2.24, 2.45) is 0 Å². The molecule has 2 aromatic carbocycles. The Morgan fingerprint density at radius 3 is 2.63 bits per heavy atom. The SMILES string of the molecule is COc1cc(/C=C2\OC(C)(C)C3CCC(c4ccc(F)c(F)c4)N3C2=O)ccc1-n1cnc(C)c1. The molecular formula is C27H27F2N3O3. The number of halogens is 2. The number of amides is 1. The van der Waals surface area contributed by atoms with E-state index in [0.717, 1.165) is 23.0 Å². The molecule has 0 aliphatic carbocycles. The van der Waals surface area contributed by atoms with Crippen molar-refractivity contribution in [3.05, 3.63) is 83.1 Å². The monoisotopic (exact) mass is 479 g/mol. The molecule has 2 atom stereocenters. The Balaban J connectivity index is 1.50. The van der Waals surface area contributed by atoms with Crippen molar-refractivity contribution in [1.82, 2.24) is 14.5 Å². The van der Waals surface area contributed by atoms with E-state index in [0.29, 0.717) is 24.2 Å². The van der Waals surface area contributed by atoms with Crippen molar-refractivity contribution in [3.63, 3.8) is 0 Å². The Bertz CT molecular complexity index is 1330. The van der Waals surface area contributed by atoms with Gasteiger partial charge in [0, 0.05) is 6.20 Å². The Kier molecular flexibility index (Phi) is 5.62. The Morgan fingerprint density at radius 1 is 1.14 bits per heavy atom. The predicted octanol–water partition coefficient (Wildman–Crippen LogP) is 5.35. The Morgan fingerprint density at radius 2 is 1.94 bits per heavy atom. The van der Waals surface area contributed by atoms with Gasteiger partial charge in [-0.1, -0.05) is 12.1 Å². The third kappa shape index (κ3) is 4.07. The standard InChI is InChI=1S/C27H27F2N3O3/c1-16-14-31(15-30-16)22-8-5-17(11-23(22)34-4)12-24-26(33)32-21(9-10-25(32)27(2,3)35-24)18-6-7-19(28)20(29)13-18/h5-8,11-15,21,25H,9-10H2,1-4H3/b24-12-. The van der Waals surface area contributed by atoms with Crippen LogP contribution in [0.3, 0.4) is 0 Å². The average Bonchev–Trinajstić information content (AvgIpc) is 3.46. The van der Waals surface area contributed by atoms with Crippen LogP contribution in [-0.2, 0) is 9.53 Å². The molecule has 182 valence electrons. The number of hydrogen-bond acceptors (Lipinski definition) is 4. The molecule has 35 heavy (non-hydrogen) atoms. The van der Waals surface area contributed by atoms with Gasteiger partial charge in [0.2, 0.25) is 0 Å². The number of ether oxygens (including phenoxy) is 2. The lowest BCUT2D eigenvalue weighted by molar-refractivity contribution is -0.155. The van der Waals surface area contributed by atoms with Crippen molar-refractivity contribution < 1.29 is 23.0 Å². The first-order chi connectivity index (χ1) is 16.7. The zero-order valence-corrected chi connectivity index (χ0v) is 20.1. The molecule has 5 rings (SSSR count). The summed E-state index contributed by atoms with van der Waals surface area (Å²) in [7, 11) is 1.59. The van der Waals surface area contributed by atoms with Crippen LogP contribution in [0.4, 0.5) is 8.78 Å². The van der Waals surface area contributed by atoms with Crippen molar-refractivity contribution in [2.45, 2.75) is 51.3 Å². The Hall–Kier alpha value is -3.68. The first kappa shape index (κ1) is 23.1. The number of aryl methyl sites for hydroxylation is 1. The van der Waals surface area contributed by atoms with Gasteiger partial charge in [-0.2, -0.15) is 0 Å². The lowest BCUT2D eigenvalue weighted by Crippen LogP contribution is -2.55. The van der Waals surface area contributed by atoms with Crippen molar-refractivity contribution in [2.75, 3.05) is 7.11 Å². The van der Waals surface area contributed by atoms with E-state index in [1.807, 2.05) is 49.7 Å². The predicted molar refractivity (Wildman–Crippen MR) is 127 cm³/mol. The number of aromatic nitrogens is 2. The maximum atomic E-state index is 14.0. The molecule has 1 aromatic heterocycles. The maximum Gasteiger partial charge on any atom is 0.289 e. The van der Waals surface area contributed by atoms with Gasteiger partial charge in [0.05, 0.1) is 36.9 Å². The van der Waals surface area contributed by atoms with E-state index >= 15 is 0 Å². The average molecular weight is 480 g/mol. The number of fused-ring (bicyclic) bond motifs is 1. The van der Waals surface area contributed by atoms with Crippen LogP contribution in [0, 0.1) is 18.6 Å². The molecule has 2 aliphatic rings. The number of carbonyl (C=O) groups excluding carboxylic acids is 1. The van der Waals surface area contributed by atoms with E-state index < -0.39 is 17.2 Å². The molecule has 0 radical (unpaired) electrons. The number of methoxy groups -OCH3 is 1. The second kappa shape index (κ2) is 8.52. The normalized spacial score (nSPS) is 22.3. The molecule has 6 nitrogen and oxygen atoms in total. The smallest absolute Gasteiger partial charge is 0.289 e. The van der Waals surface area contributed by atoms with E-state index in [4.69, 9.17) is 9.47 Å². The van der Waals surface area contributed by atoms with Crippen LogP contribution in [-0.4, -0.2) is 39.1 Å². The third-order valence-corrected chi connectivity index (χ3v) is 6.83. The van der Waals surface area contributed by atoms with E-state index in [9.17, 15) is 13.6 Å². The second-order valence-corrected chi connectivity index (χ2v) is 9.56. The summed E-state index contributed by atoms with van der Waals surface area (Å²) in [5.41, 5.74) is 2.38. The molecule has 2 saturated heterocycles. The van der Waals surface area contributed by atoms with Crippen LogP contribution in [0.25, 0.3) is 11.8 Å². The molecule has 0 spiro atoms. The summed E-state index contributed by atoms with van der Waals surface area (Å²) in [5, 5.41) is 0. The van der Waals surface area contributed by atoms with Gasteiger partial charge in [-0.15, -0.1) is 0 Å². The fraction of sp³-hybridized carbons (Fsp3) is 0.333. The zero-order valence-electron chi connectivity index (χ0n) is 20.1. The van der Waals surface area contributed by atoms with Gasteiger partial charge >= 0.3 is 0 Å². The van der Waals surface area contributed by atoms with E-state index in [1.54, 1.807) is 30.5 Å². The van der Waals surface area contributed by atoms with Crippen LogP contribution in [0.15, 0.2) is 54.7 Å². The summed E-state index contributed by atoms with van der Waals surface area (Å²) in [6.45, 7) is 5.81. The second-order valence-electron chi connectivity index (χ2n) is 9.56. The van der Waals surface area contributed by atoms with E-state index in [1.165, 1.54) is 6.07 Å². The fourth-order valence-electron chi connectivity index (χ4n) is 5.14. The molecule has 2 fully saturated rings. The van der Waals surface area contributed by atoms with Gasteiger partial charge in [0.25, 0.3) is 5.91 Å². The molecular weight excluding hydrogens is 452 g/mol. The highest BCUT2D eigenvalue weighted by Crippen LogP contribution is 2.46. The highest BCUT2D eigenvalue weighted by atomic mass is 19.2. The van der Waals surface area contributed by atoms with E-state index in [2.05, 4.69) is 4.98 Å². The number of rotatable bonds is 4. The van der Waals surface area contributed by atoms with Crippen molar-refractivity contribution >= 4 is 12.0 Å². The summed E-state index contributed by atoms with van der Waals surface area (Å²) in [4.78, 5) is 19.6. The minimum atomic E-state index is -0.915. The maximum absolute atomic E-state index is 14.0. The number of nitrogens with zero attached hydrogens (tertiary/aromatic N) is 3. The minimum Gasteiger partial charge on any atom is -0.495 e. The van der Waals surface area contributed by atoms with Crippen LogP contribution < -0.4 is 4.74 Å². The topological polar surface area (TPSA) is 56.6 Å². The molecule has 8 heteroatoms. The van der Waals surface area contributed by atoms with Crippen LogP contribution in [0.1, 0.15) is 49.6 Å². The lowest BCUT2D eigenvalue weighted by atomic mass is 9.94. The van der Waals surface area contributed by atoms with Crippen LogP contribution >= 0.6 is 0 Å². The summed E-state index contributed by atoms with van der Waals surface area (Å²) < 4.78 is 41.2. The van der Waals surface area contributed by atoms with E-state index in [-0.39, 0.29) is 23.8 Å². The third-order valence-electron chi connectivity index (χ3n) is 6.83. The summed E-state index contributed by atoms with van der Waals surface area (Å²) in [5.74, 6) is -1.26. The van der Waals surface area contributed by atoms with Crippen LogP contribution in [0.2, 0.25) is 0 Å². The van der Waals surface area contributed by atoms with Gasteiger partial charge in [-0.3, -0.25) is 4.79 Å². The molecule has 0 saturated carbocycles. The molecule has 3 heterocycles. The summed E-state index contributed by atoms with van der Waals surface area (Å²) >= 11 is 0.